The van der Waals surface area contributed by atoms with Crippen molar-refractivity contribution in [1.29, 1.82) is 0 Å². The van der Waals surface area contributed by atoms with Crippen LogP contribution in [0.15, 0.2) is 176 Å². The Balaban J connectivity index is 1.14. The quantitative estimate of drug-likeness (QED) is 0.172. The predicted octanol–water partition coefficient (Wildman–Crippen LogP) is 14.4. The third-order valence-corrected chi connectivity index (χ3v) is 12.8. The average Bonchev–Trinajstić information content (AvgIpc) is 3.77. The first kappa shape index (κ1) is 32.0. The van der Waals surface area contributed by atoms with E-state index in [4.69, 9.17) is 0 Å². The third-order valence-electron chi connectivity index (χ3n) is 12.8. The van der Waals surface area contributed by atoms with Gasteiger partial charge >= 0.3 is 0 Å². The fraction of sp³-hybridized carbons (Fsp3) is 0.111. The summed E-state index contributed by atoms with van der Waals surface area (Å²) in [6.45, 7) is 9.54. The summed E-state index contributed by atoms with van der Waals surface area (Å²) in [6.07, 6.45) is 0. The molecule has 0 aliphatic heterocycles. The molecular weight excluding hydrogens is 663 g/mol. The molecule has 1 aromatic heterocycles. The van der Waals surface area contributed by atoms with Crippen molar-refractivity contribution in [2.75, 3.05) is 0 Å². The third kappa shape index (κ3) is 4.53. The van der Waals surface area contributed by atoms with Crippen molar-refractivity contribution in [3.63, 3.8) is 0 Å². The Kier molecular flexibility index (Phi) is 6.72. The summed E-state index contributed by atoms with van der Waals surface area (Å²) in [7, 11) is 0. The van der Waals surface area contributed by atoms with Crippen LogP contribution < -0.4 is 0 Å². The van der Waals surface area contributed by atoms with Gasteiger partial charge in [-0.3, -0.25) is 0 Å². The van der Waals surface area contributed by atoms with Gasteiger partial charge < -0.3 is 4.57 Å². The van der Waals surface area contributed by atoms with Crippen molar-refractivity contribution in [2.45, 2.75) is 38.5 Å². The molecule has 0 radical (unpaired) electrons. The van der Waals surface area contributed by atoms with Crippen molar-refractivity contribution in [2.24, 2.45) is 0 Å². The molecule has 0 atom stereocenters. The second-order valence-electron chi connectivity index (χ2n) is 16.5. The fourth-order valence-corrected chi connectivity index (χ4v) is 10.2. The van der Waals surface area contributed by atoms with E-state index in [1.54, 1.807) is 0 Å². The number of hydrogen-bond donors (Lipinski definition) is 0. The molecule has 0 spiro atoms. The Morgan fingerprint density at radius 2 is 0.727 bits per heavy atom. The lowest BCUT2D eigenvalue weighted by Gasteiger charge is -2.24. The van der Waals surface area contributed by atoms with Gasteiger partial charge in [-0.05, 0) is 114 Å². The smallest absolute Gasteiger partial charge is 0.0541 e. The average molecular weight is 704 g/mol. The summed E-state index contributed by atoms with van der Waals surface area (Å²) in [5.41, 5.74) is 22.0. The first-order valence-electron chi connectivity index (χ1n) is 19.5. The van der Waals surface area contributed by atoms with Gasteiger partial charge in [-0.25, -0.2) is 0 Å². The maximum Gasteiger partial charge on any atom is 0.0541 e. The van der Waals surface area contributed by atoms with Crippen LogP contribution >= 0.6 is 0 Å². The fourth-order valence-electron chi connectivity index (χ4n) is 10.2. The summed E-state index contributed by atoms with van der Waals surface area (Å²) < 4.78 is 2.46. The molecule has 1 nitrogen and oxygen atoms in total. The van der Waals surface area contributed by atoms with Gasteiger partial charge in [0.1, 0.15) is 0 Å². The van der Waals surface area contributed by atoms with E-state index in [-0.39, 0.29) is 10.8 Å². The summed E-state index contributed by atoms with van der Waals surface area (Å²) in [4.78, 5) is 0. The van der Waals surface area contributed by atoms with E-state index in [9.17, 15) is 0 Å². The summed E-state index contributed by atoms with van der Waals surface area (Å²) in [6, 6.07) is 65.6. The van der Waals surface area contributed by atoms with Crippen LogP contribution in [-0.4, -0.2) is 4.57 Å². The van der Waals surface area contributed by atoms with Gasteiger partial charge in [0, 0.05) is 27.3 Å². The van der Waals surface area contributed by atoms with Gasteiger partial charge in [0.05, 0.1) is 11.0 Å². The van der Waals surface area contributed by atoms with Crippen LogP contribution in [-0.2, 0) is 10.8 Å². The minimum Gasteiger partial charge on any atom is -0.309 e. The van der Waals surface area contributed by atoms with E-state index in [1.807, 2.05) is 0 Å². The Labute approximate surface area is 323 Å². The van der Waals surface area contributed by atoms with Crippen LogP contribution in [0.5, 0.6) is 0 Å². The SMILES string of the molecule is CC1(C)c2ccccc2-c2cccc(-c3ccc4c(c3)c3cc(-c5cccc6c5C(C)(C)c5ccccc5-6)ccc3n4-c3ccc(-c4ccccc4)cc3)c21. The van der Waals surface area contributed by atoms with E-state index in [0.717, 1.165) is 5.69 Å². The highest BCUT2D eigenvalue weighted by Crippen LogP contribution is 2.54. The number of fused-ring (bicyclic) bond motifs is 9. The second kappa shape index (κ2) is 11.5. The summed E-state index contributed by atoms with van der Waals surface area (Å²) in [5.74, 6) is 0. The number of benzene rings is 8. The lowest BCUT2D eigenvalue weighted by atomic mass is 9.78. The zero-order valence-electron chi connectivity index (χ0n) is 31.7. The summed E-state index contributed by atoms with van der Waals surface area (Å²) in [5, 5.41) is 2.53. The molecule has 9 aromatic rings. The van der Waals surface area contributed by atoms with Gasteiger partial charge in [0.15, 0.2) is 0 Å². The molecule has 11 rings (SSSR count). The van der Waals surface area contributed by atoms with E-state index in [1.165, 1.54) is 99.7 Å². The second-order valence-corrected chi connectivity index (χ2v) is 16.5. The molecule has 262 valence electrons. The van der Waals surface area contributed by atoms with Crippen LogP contribution in [0.2, 0.25) is 0 Å². The minimum atomic E-state index is -0.1000. The molecule has 1 heterocycles. The number of hydrogen-bond acceptors (Lipinski definition) is 0. The Morgan fingerprint density at radius 3 is 1.24 bits per heavy atom. The highest BCUT2D eigenvalue weighted by atomic mass is 15.0. The Morgan fingerprint density at radius 1 is 0.327 bits per heavy atom. The van der Waals surface area contributed by atoms with Crippen LogP contribution in [0.4, 0.5) is 0 Å². The van der Waals surface area contributed by atoms with Crippen molar-refractivity contribution in [3.8, 4) is 61.3 Å². The van der Waals surface area contributed by atoms with E-state index in [2.05, 4.69) is 208 Å². The molecule has 55 heavy (non-hydrogen) atoms. The van der Waals surface area contributed by atoms with Gasteiger partial charge in [0.2, 0.25) is 0 Å². The molecule has 0 fully saturated rings. The molecule has 2 aliphatic carbocycles. The number of rotatable bonds is 4. The monoisotopic (exact) mass is 703 g/mol. The van der Waals surface area contributed by atoms with E-state index < -0.39 is 0 Å². The highest BCUT2D eigenvalue weighted by molar-refractivity contribution is 6.12. The largest absolute Gasteiger partial charge is 0.309 e. The van der Waals surface area contributed by atoms with Crippen molar-refractivity contribution >= 4 is 21.8 Å². The minimum absolute atomic E-state index is 0.1000. The maximum atomic E-state index is 2.46. The molecule has 0 amide bonds. The zero-order chi connectivity index (χ0) is 37.1. The molecule has 2 aliphatic rings. The van der Waals surface area contributed by atoms with Gasteiger partial charge in [-0.15, -0.1) is 0 Å². The van der Waals surface area contributed by atoms with Crippen LogP contribution in [0.1, 0.15) is 49.9 Å². The molecule has 0 saturated carbocycles. The van der Waals surface area contributed by atoms with Gasteiger partial charge in [-0.1, -0.05) is 167 Å². The molecule has 1 heteroatoms. The predicted molar refractivity (Wildman–Crippen MR) is 232 cm³/mol. The van der Waals surface area contributed by atoms with Crippen molar-refractivity contribution in [3.05, 3.63) is 198 Å². The van der Waals surface area contributed by atoms with Gasteiger partial charge in [-0.2, -0.15) is 0 Å². The molecule has 0 unspecified atom stereocenters. The molecule has 8 aromatic carbocycles. The first-order chi connectivity index (χ1) is 26.8. The Hall–Kier alpha value is -6.44. The molecule has 0 saturated heterocycles. The maximum absolute atomic E-state index is 2.46. The van der Waals surface area contributed by atoms with Crippen molar-refractivity contribution in [1.82, 2.24) is 4.57 Å². The highest BCUT2D eigenvalue weighted by Gasteiger charge is 2.38. The lowest BCUT2D eigenvalue weighted by Crippen LogP contribution is -2.16. The van der Waals surface area contributed by atoms with Crippen molar-refractivity contribution < 1.29 is 0 Å². The normalized spacial score (nSPS) is 14.5. The zero-order valence-corrected chi connectivity index (χ0v) is 31.7. The topological polar surface area (TPSA) is 4.93 Å². The van der Waals surface area contributed by atoms with Crippen LogP contribution in [0.3, 0.4) is 0 Å². The molecule has 0 bridgehead atoms. The number of aromatic nitrogens is 1. The van der Waals surface area contributed by atoms with Gasteiger partial charge in [0.25, 0.3) is 0 Å². The standard InChI is InChI=1S/C54H41N/c1-53(2)47-22-10-8-16-41(47)43-20-12-18-39(51(43)53)36-26-30-49-45(32-36)46-33-37(40-19-13-21-44-42-17-9-11-23-48(42)54(3,4)52(40)44)27-31-50(46)55(49)38-28-24-35(25-29-38)34-14-6-5-7-15-34/h5-33H,1-4H3. The molecular formula is C54H41N. The van der Waals surface area contributed by atoms with E-state index in [0.29, 0.717) is 0 Å². The number of nitrogens with zero attached hydrogens (tertiary/aromatic N) is 1. The van der Waals surface area contributed by atoms with Crippen LogP contribution in [0, 0.1) is 0 Å². The van der Waals surface area contributed by atoms with Crippen LogP contribution in [0.25, 0.3) is 83.1 Å². The summed E-state index contributed by atoms with van der Waals surface area (Å²) >= 11 is 0. The lowest BCUT2D eigenvalue weighted by molar-refractivity contribution is 0.662. The first-order valence-corrected chi connectivity index (χ1v) is 19.5. The van der Waals surface area contributed by atoms with E-state index >= 15 is 0 Å². The Bertz CT molecular complexity index is 2840. The molecule has 0 N–H and O–H groups in total.